The number of fused-ring (bicyclic) bond motifs is 1. The summed E-state index contributed by atoms with van der Waals surface area (Å²) < 4.78 is 0. The molecule has 0 saturated carbocycles. The minimum atomic E-state index is -0.202. The lowest BCUT2D eigenvalue weighted by atomic mass is 9.94. The minimum Gasteiger partial charge on any atom is -0.388 e. The smallest absolute Gasteiger partial charge is 0.271 e. The van der Waals surface area contributed by atoms with Crippen molar-refractivity contribution in [3.8, 4) is 0 Å². The molecule has 1 aromatic carbocycles. The Hall–Kier alpha value is -1.85. The maximum Gasteiger partial charge on any atom is 0.271 e. The molecule has 5 nitrogen and oxygen atoms in total. The highest BCUT2D eigenvalue weighted by Crippen LogP contribution is 2.25. The van der Waals surface area contributed by atoms with E-state index in [-0.39, 0.29) is 18.4 Å². The maximum atomic E-state index is 12.0. The Morgan fingerprint density at radius 3 is 2.80 bits per heavy atom. The quantitative estimate of drug-likeness (QED) is 0.787. The van der Waals surface area contributed by atoms with Crippen LogP contribution in [-0.4, -0.2) is 27.5 Å². The van der Waals surface area contributed by atoms with Crippen molar-refractivity contribution < 1.29 is 9.90 Å². The predicted octanol–water partition coefficient (Wildman–Crippen LogP) is 1.63. The number of nitrogens with one attached hydrogen (secondary N) is 2. The maximum absolute atomic E-state index is 12.0. The number of halogens is 1. The number of benzene rings is 1. The highest BCUT2D eigenvalue weighted by Gasteiger charge is 2.25. The highest BCUT2D eigenvalue weighted by molar-refractivity contribution is 6.30. The highest BCUT2D eigenvalue weighted by atomic mass is 35.5. The zero-order chi connectivity index (χ0) is 14.1. The van der Waals surface area contributed by atoms with Crippen LogP contribution in [0.3, 0.4) is 0 Å². The van der Waals surface area contributed by atoms with Crippen LogP contribution in [0.4, 0.5) is 0 Å². The molecule has 2 heterocycles. The summed E-state index contributed by atoms with van der Waals surface area (Å²) in [5.41, 5.74) is 2.26. The molecule has 2 aromatic rings. The molecule has 0 radical (unpaired) electrons. The van der Waals surface area contributed by atoms with Gasteiger partial charge in [0.1, 0.15) is 18.1 Å². The lowest BCUT2D eigenvalue weighted by Gasteiger charge is -2.14. The number of hydrogen-bond donors (Lipinski definition) is 3. The van der Waals surface area contributed by atoms with Gasteiger partial charge in [-0.3, -0.25) is 4.79 Å². The molecular formula is C14H14ClN3O2. The van der Waals surface area contributed by atoms with Gasteiger partial charge in [-0.15, -0.1) is 0 Å². The average Bonchev–Trinajstić information content (AvgIpc) is 2.81. The Kier molecular flexibility index (Phi) is 3.46. The molecule has 1 aliphatic rings. The van der Waals surface area contributed by atoms with Crippen molar-refractivity contribution in [3.05, 3.63) is 52.1 Å². The second kappa shape index (κ2) is 5.26. The molecule has 6 heteroatoms. The van der Waals surface area contributed by atoms with Gasteiger partial charge in [0.05, 0.1) is 0 Å². The number of nitrogens with zero attached hydrogens (tertiary/aromatic N) is 1. The second-order valence-corrected chi connectivity index (χ2v) is 5.27. The van der Waals surface area contributed by atoms with Gasteiger partial charge in [0.2, 0.25) is 0 Å². The largest absolute Gasteiger partial charge is 0.388 e. The fourth-order valence-electron chi connectivity index (χ4n) is 2.46. The van der Waals surface area contributed by atoms with Crippen molar-refractivity contribution >= 4 is 17.5 Å². The standard InChI is InChI=1S/C14H14ClN3O2/c15-10-3-1-8(2-4-10)9-5-11-13(14(20)16-6-9)18-12(7-19)17-11/h1-4,9,19H,5-7H2,(H,16,20)(H,17,18). The molecule has 1 aliphatic heterocycles. The molecule has 0 aliphatic carbocycles. The van der Waals surface area contributed by atoms with Gasteiger partial charge >= 0.3 is 0 Å². The first-order valence-corrected chi connectivity index (χ1v) is 6.77. The molecule has 1 atom stereocenters. The molecule has 0 fully saturated rings. The van der Waals surface area contributed by atoms with Gasteiger partial charge in [-0.2, -0.15) is 0 Å². The van der Waals surface area contributed by atoms with E-state index in [1.807, 2.05) is 24.3 Å². The van der Waals surface area contributed by atoms with E-state index in [1.54, 1.807) is 0 Å². The van der Waals surface area contributed by atoms with Crippen LogP contribution in [0.2, 0.25) is 5.02 Å². The molecule has 1 unspecified atom stereocenters. The Labute approximate surface area is 121 Å². The van der Waals surface area contributed by atoms with E-state index < -0.39 is 0 Å². The molecule has 1 aromatic heterocycles. The summed E-state index contributed by atoms with van der Waals surface area (Å²) >= 11 is 5.90. The summed E-state index contributed by atoms with van der Waals surface area (Å²) in [5, 5.41) is 12.7. The molecule has 1 amide bonds. The van der Waals surface area contributed by atoms with Crippen LogP contribution in [0.1, 0.15) is 33.5 Å². The van der Waals surface area contributed by atoms with E-state index >= 15 is 0 Å². The van der Waals surface area contributed by atoms with Crippen molar-refractivity contribution in [1.29, 1.82) is 0 Å². The SMILES string of the molecule is O=C1NCC(c2ccc(Cl)cc2)Cc2[nH]c(CO)nc21. The van der Waals surface area contributed by atoms with Gasteiger partial charge in [-0.25, -0.2) is 4.98 Å². The fraction of sp³-hybridized carbons (Fsp3) is 0.286. The van der Waals surface area contributed by atoms with E-state index in [9.17, 15) is 4.79 Å². The molecule has 0 spiro atoms. The number of imidazole rings is 1. The number of rotatable bonds is 2. The van der Waals surface area contributed by atoms with Crippen molar-refractivity contribution in [3.63, 3.8) is 0 Å². The normalized spacial score (nSPS) is 18.3. The number of amides is 1. The monoisotopic (exact) mass is 291 g/mol. The number of hydrogen-bond acceptors (Lipinski definition) is 3. The van der Waals surface area contributed by atoms with Crippen LogP contribution < -0.4 is 5.32 Å². The lowest BCUT2D eigenvalue weighted by molar-refractivity contribution is 0.0950. The topological polar surface area (TPSA) is 78.0 Å². The van der Waals surface area contributed by atoms with Crippen LogP contribution in [0, 0.1) is 0 Å². The first-order valence-electron chi connectivity index (χ1n) is 6.39. The van der Waals surface area contributed by atoms with Gasteiger partial charge in [-0.05, 0) is 24.1 Å². The van der Waals surface area contributed by atoms with E-state index in [4.69, 9.17) is 16.7 Å². The first-order chi connectivity index (χ1) is 9.67. The summed E-state index contributed by atoms with van der Waals surface area (Å²) in [6, 6.07) is 7.62. The number of carbonyl (C=O) groups is 1. The van der Waals surface area contributed by atoms with E-state index in [2.05, 4.69) is 15.3 Å². The van der Waals surface area contributed by atoms with Gasteiger partial charge in [0, 0.05) is 23.2 Å². The summed E-state index contributed by atoms with van der Waals surface area (Å²) in [6.45, 7) is 0.352. The van der Waals surface area contributed by atoms with Crippen molar-refractivity contribution in [2.75, 3.05) is 6.54 Å². The van der Waals surface area contributed by atoms with Gasteiger partial charge < -0.3 is 15.4 Å². The summed E-state index contributed by atoms with van der Waals surface area (Å²) in [5.74, 6) is 0.374. The lowest BCUT2D eigenvalue weighted by Crippen LogP contribution is -2.26. The van der Waals surface area contributed by atoms with Crippen molar-refractivity contribution in [1.82, 2.24) is 15.3 Å². The summed E-state index contributed by atoms with van der Waals surface area (Å²) in [4.78, 5) is 19.1. The van der Waals surface area contributed by atoms with Crippen LogP contribution in [0.5, 0.6) is 0 Å². The summed E-state index contributed by atoms with van der Waals surface area (Å²) in [7, 11) is 0. The molecule has 3 rings (SSSR count). The molecule has 3 N–H and O–H groups in total. The molecule has 104 valence electrons. The van der Waals surface area contributed by atoms with Crippen LogP contribution in [0.25, 0.3) is 0 Å². The number of aliphatic hydroxyl groups excluding tert-OH is 1. The van der Waals surface area contributed by atoms with Crippen molar-refractivity contribution in [2.24, 2.45) is 0 Å². The van der Waals surface area contributed by atoms with E-state index in [1.165, 1.54) is 0 Å². The fourth-order valence-corrected chi connectivity index (χ4v) is 2.59. The second-order valence-electron chi connectivity index (χ2n) is 4.83. The van der Waals surface area contributed by atoms with Crippen LogP contribution in [-0.2, 0) is 13.0 Å². The molecule has 0 bridgehead atoms. The van der Waals surface area contributed by atoms with Crippen LogP contribution in [0.15, 0.2) is 24.3 Å². The third kappa shape index (κ3) is 2.42. The number of H-pyrrole nitrogens is 1. The Morgan fingerprint density at radius 1 is 1.35 bits per heavy atom. The summed E-state index contributed by atoms with van der Waals surface area (Å²) in [6.07, 6.45) is 0.669. The van der Waals surface area contributed by atoms with Gasteiger partial charge in [0.15, 0.2) is 0 Å². The molecule has 20 heavy (non-hydrogen) atoms. The third-order valence-corrected chi connectivity index (χ3v) is 3.75. The van der Waals surface area contributed by atoms with E-state index in [0.717, 1.165) is 11.3 Å². The number of aromatic amines is 1. The Bertz CT molecular complexity index is 636. The average molecular weight is 292 g/mol. The van der Waals surface area contributed by atoms with Crippen LogP contribution >= 0.6 is 11.6 Å². The number of aromatic nitrogens is 2. The number of aliphatic hydroxyl groups is 1. The van der Waals surface area contributed by atoms with Gasteiger partial charge in [-0.1, -0.05) is 23.7 Å². The third-order valence-electron chi connectivity index (χ3n) is 3.49. The Morgan fingerprint density at radius 2 is 2.10 bits per heavy atom. The predicted molar refractivity (Wildman–Crippen MR) is 74.7 cm³/mol. The molecule has 0 saturated heterocycles. The minimum absolute atomic E-state index is 0.157. The zero-order valence-electron chi connectivity index (χ0n) is 10.7. The zero-order valence-corrected chi connectivity index (χ0v) is 11.4. The first kappa shape index (κ1) is 13.1. The van der Waals surface area contributed by atoms with Crippen molar-refractivity contribution in [2.45, 2.75) is 18.9 Å². The Balaban J connectivity index is 1.93. The number of carbonyl (C=O) groups excluding carboxylic acids is 1. The van der Waals surface area contributed by atoms with Gasteiger partial charge in [0.25, 0.3) is 5.91 Å². The van der Waals surface area contributed by atoms with E-state index in [0.29, 0.717) is 29.5 Å². The molecular weight excluding hydrogens is 278 g/mol.